The minimum absolute atomic E-state index is 0.149. The van der Waals surface area contributed by atoms with Crippen LogP contribution in [0.2, 0.25) is 0 Å². The van der Waals surface area contributed by atoms with E-state index in [0.29, 0.717) is 6.04 Å². The molecule has 1 unspecified atom stereocenters. The summed E-state index contributed by atoms with van der Waals surface area (Å²) in [4.78, 5) is 5.22. The van der Waals surface area contributed by atoms with Gasteiger partial charge in [0.05, 0.1) is 13.2 Å². The highest BCUT2D eigenvalue weighted by atomic mass is 19.1. The first-order valence-corrected chi connectivity index (χ1v) is 31.8. The van der Waals surface area contributed by atoms with Gasteiger partial charge < -0.3 is 14.4 Å². The molecule has 402 valence electrons. The van der Waals surface area contributed by atoms with Gasteiger partial charge in [-0.15, -0.1) is 0 Å². The highest BCUT2D eigenvalue weighted by Gasteiger charge is 2.37. The number of nitrogens with zero attached hydrogens (tertiary/aromatic N) is 2. The standard InChI is InChI=1S/C64H117FN2O2/c65-61-48-50-63(51-49-61)67-57-55-66(56-58-67)62-47-45-43-41-39-37-35-33-31-29-27-25-23-21-19-17-15-13-11-9-7-5-3-1-2-4-6-8-10-12-14-16-18-20-22-24-26-28-30-32-34-36-38-40-42-44-46-53-64(54-52-62)68-59-60-69-64/h48-51,62H,1-47,52-60H2. The van der Waals surface area contributed by atoms with Crippen LogP contribution in [0.4, 0.5) is 10.1 Å². The molecule has 3 aliphatic rings. The molecule has 1 aromatic carbocycles. The number of rotatable bonds is 2. The molecule has 0 aromatic heterocycles. The van der Waals surface area contributed by atoms with Crippen LogP contribution in [0.1, 0.15) is 321 Å². The van der Waals surface area contributed by atoms with Gasteiger partial charge in [-0.25, -0.2) is 4.39 Å². The average molecular weight is 966 g/mol. The lowest BCUT2D eigenvalue weighted by Gasteiger charge is -2.41. The Labute approximate surface area is 429 Å². The van der Waals surface area contributed by atoms with Crippen LogP contribution in [0.3, 0.4) is 0 Å². The van der Waals surface area contributed by atoms with E-state index in [4.69, 9.17) is 9.47 Å². The summed E-state index contributed by atoms with van der Waals surface area (Å²) in [5.74, 6) is -0.514. The Bertz CT molecular complexity index is 1230. The molecule has 1 saturated carbocycles. The molecule has 1 aromatic rings. The zero-order valence-electron chi connectivity index (χ0n) is 46.1. The molecule has 69 heavy (non-hydrogen) atoms. The molecule has 2 saturated heterocycles. The van der Waals surface area contributed by atoms with Crippen molar-refractivity contribution in [1.29, 1.82) is 0 Å². The number of hydrogen-bond donors (Lipinski definition) is 0. The summed E-state index contributed by atoms with van der Waals surface area (Å²) in [6.45, 7) is 5.69. The molecule has 3 fully saturated rings. The van der Waals surface area contributed by atoms with Crippen molar-refractivity contribution in [3.05, 3.63) is 30.1 Å². The van der Waals surface area contributed by atoms with Gasteiger partial charge in [-0.1, -0.05) is 289 Å². The van der Waals surface area contributed by atoms with Gasteiger partial charge >= 0.3 is 0 Å². The van der Waals surface area contributed by atoms with Crippen molar-refractivity contribution >= 4 is 5.69 Å². The molecular weight excluding hydrogens is 848 g/mol. The highest BCUT2D eigenvalue weighted by molar-refractivity contribution is 5.46. The predicted octanol–water partition coefficient (Wildman–Crippen LogP) is 20.6. The Hall–Kier alpha value is -1.17. The number of halogens is 1. The lowest BCUT2D eigenvalue weighted by molar-refractivity contribution is -0.170. The molecule has 0 amide bonds. The summed E-state index contributed by atoms with van der Waals surface area (Å²) in [6, 6.07) is 7.70. The third kappa shape index (κ3) is 31.9. The maximum absolute atomic E-state index is 13.7. The number of anilines is 1. The third-order valence-electron chi connectivity index (χ3n) is 17.0. The normalized spacial score (nSPS) is 25.5. The molecule has 1 spiro atoms. The zero-order chi connectivity index (χ0) is 48.2. The lowest BCUT2D eigenvalue weighted by Crippen LogP contribution is -2.51. The van der Waals surface area contributed by atoms with Gasteiger partial charge in [-0.2, -0.15) is 0 Å². The van der Waals surface area contributed by atoms with E-state index in [1.807, 2.05) is 12.1 Å². The molecule has 4 rings (SSSR count). The molecule has 5 heteroatoms. The SMILES string of the molecule is Fc1ccc(N2CCN(C3CCCCCCCCCCCCCCCCCCCCCCCCCCCCCCCCCCCCCCCCCCCCCCCCC4(CC3)OCCO4)CC2)cc1. The van der Waals surface area contributed by atoms with E-state index >= 15 is 0 Å². The topological polar surface area (TPSA) is 24.9 Å². The van der Waals surface area contributed by atoms with Crippen LogP contribution in [-0.2, 0) is 9.47 Å². The van der Waals surface area contributed by atoms with Gasteiger partial charge in [0.25, 0.3) is 0 Å². The second kappa shape index (κ2) is 43.3. The fourth-order valence-corrected chi connectivity index (χ4v) is 12.4. The Morgan fingerprint density at radius 2 is 0.594 bits per heavy atom. The summed E-state index contributed by atoms with van der Waals surface area (Å²) in [6.07, 6.45) is 71.0. The first kappa shape index (κ1) is 60.4. The van der Waals surface area contributed by atoms with Crippen LogP contribution < -0.4 is 4.90 Å². The van der Waals surface area contributed by atoms with Crippen LogP contribution in [0, 0.1) is 5.82 Å². The zero-order valence-corrected chi connectivity index (χ0v) is 46.1. The molecular formula is C64H117FN2O2. The number of ether oxygens (including phenoxy) is 2. The Morgan fingerprint density at radius 1 is 0.319 bits per heavy atom. The monoisotopic (exact) mass is 965 g/mol. The molecule has 0 bridgehead atoms. The summed E-state index contributed by atoms with van der Waals surface area (Å²) >= 11 is 0. The van der Waals surface area contributed by atoms with Crippen molar-refractivity contribution in [2.45, 2.75) is 333 Å². The van der Waals surface area contributed by atoms with Crippen molar-refractivity contribution in [2.75, 3.05) is 44.3 Å². The second-order valence-corrected chi connectivity index (χ2v) is 23.1. The second-order valence-electron chi connectivity index (χ2n) is 23.1. The molecule has 1 atom stereocenters. The van der Waals surface area contributed by atoms with Crippen molar-refractivity contribution < 1.29 is 13.9 Å². The number of hydrogen-bond acceptors (Lipinski definition) is 4. The molecule has 0 radical (unpaired) electrons. The smallest absolute Gasteiger partial charge is 0.168 e. The number of benzene rings is 1. The van der Waals surface area contributed by atoms with Crippen LogP contribution in [0.25, 0.3) is 0 Å². The lowest BCUT2D eigenvalue weighted by atomic mass is 9.94. The van der Waals surface area contributed by atoms with Crippen LogP contribution in [0.5, 0.6) is 0 Å². The van der Waals surface area contributed by atoms with Crippen LogP contribution in [0.15, 0.2) is 24.3 Å². The van der Waals surface area contributed by atoms with Crippen LogP contribution in [-0.4, -0.2) is 56.1 Å². The van der Waals surface area contributed by atoms with Crippen molar-refractivity contribution in [1.82, 2.24) is 4.90 Å². The largest absolute Gasteiger partial charge is 0.369 e. The maximum Gasteiger partial charge on any atom is 0.168 e. The van der Waals surface area contributed by atoms with E-state index < -0.39 is 0 Å². The van der Waals surface area contributed by atoms with Crippen molar-refractivity contribution in [2.24, 2.45) is 0 Å². The summed E-state index contributed by atoms with van der Waals surface area (Å²) in [5.41, 5.74) is 1.15. The maximum atomic E-state index is 13.7. The highest BCUT2D eigenvalue weighted by Crippen LogP contribution is 2.34. The summed E-state index contributed by atoms with van der Waals surface area (Å²) in [5, 5.41) is 0. The third-order valence-corrected chi connectivity index (χ3v) is 17.0. The number of piperazine rings is 1. The average Bonchev–Trinajstić information content (AvgIpc) is 3.84. The summed E-state index contributed by atoms with van der Waals surface area (Å²) < 4.78 is 26.6. The van der Waals surface area contributed by atoms with E-state index in [2.05, 4.69) is 9.80 Å². The fraction of sp³-hybridized carbons (Fsp3) is 0.906. The van der Waals surface area contributed by atoms with Gasteiger partial charge in [-0.3, -0.25) is 4.90 Å². The van der Waals surface area contributed by atoms with Gasteiger partial charge in [0.1, 0.15) is 5.82 Å². The van der Waals surface area contributed by atoms with E-state index in [-0.39, 0.29) is 11.6 Å². The minimum atomic E-state index is -0.365. The molecule has 2 aliphatic heterocycles. The summed E-state index contributed by atoms with van der Waals surface area (Å²) in [7, 11) is 0. The molecule has 4 nitrogen and oxygen atoms in total. The van der Waals surface area contributed by atoms with Gasteiger partial charge in [0.2, 0.25) is 0 Å². The predicted molar refractivity (Wildman–Crippen MR) is 299 cm³/mol. The Balaban J connectivity index is 1.10. The Morgan fingerprint density at radius 3 is 0.899 bits per heavy atom. The first-order valence-electron chi connectivity index (χ1n) is 31.8. The van der Waals surface area contributed by atoms with E-state index in [1.54, 1.807) is 12.1 Å². The molecule has 0 N–H and O–H groups in total. The van der Waals surface area contributed by atoms with Gasteiger partial charge in [0.15, 0.2) is 5.79 Å². The minimum Gasteiger partial charge on any atom is -0.369 e. The van der Waals surface area contributed by atoms with Crippen molar-refractivity contribution in [3.63, 3.8) is 0 Å². The molecule has 2 heterocycles. The first-order chi connectivity index (χ1) is 34.2. The fourth-order valence-electron chi connectivity index (χ4n) is 12.4. The van der Waals surface area contributed by atoms with Gasteiger partial charge in [-0.05, 0) is 43.5 Å². The van der Waals surface area contributed by atoms with Crippen LogP contribution >= 0.6 is 0 Å². The van der Waals surface area contributed by atoms with Crippen molar-refractivity contribution in [3.8, 4) is 0 Å². The molecule has 1 aliphatic carbocycles. The van der Waals surface area contributed by atoms with Gasteiger partial charge in [0, 0.05) is 50.7 Å². The quantitative estimate of drug-likeness (QED) is 0.295. The Kier molecular flexibility index (Phi) is 37.9. The van der Waals surface area contributed by atoms with E-state index in [1.165, 1.54) is 302 Å². The van der Waals surface area contributed by atoms with E-state index in [0.717, 1.165) is 64.3 Å². The van der Waals surface area contributed by atoms with E-state index in [9.17, 15) is 4.39 Å².